The fourth-order valence-corrected chi connectivity index (χ4v) is 2.21. The van der Waals surface area contributed by atoms with E-state index in [0.29, 0.717) is 24.3 Å². The molecule has 0 atom stereocenters. The summed E-state index contributed by atoms with van der Waals surface area (Å²) in [5.74, 6) is 0.615. The number of hydrogen-bond acceptors (Lipinski definition) is 3. The lowest BCUT2D eigenvalue weighted by molar-refractivity contribution is 0.0982. The topological polar surface area (TPSA) is 52.3 Å². The van der Waals surface area contributed by atoms with Crippen LogP contribution in [0.1, 0.15) is 27.9 Å². The third-order valence-corrected chi connectivity index (χ3v) is 3.56. The Hall–Kier alpha value is -0.870. The highest BCUT2D eigenvalue weighted by molar-refractivity contribution is 9.10. The second-order valence-electron chi connectivity index (χ2n) is 3.68. The van der Waals surface area contributed by atoms with E-state index in [1.165, 1.54) is 0 Å². The zero-order valence-corrected chi connectivity index (χ0v) is 11.3. The minimum absolute atomic E-state index is 0.0168. The van der Waals surface area contributed by atoms with E-state index in [0.717, 1.165) is 15.6 Å². The minimum atomic E-state index is 0.0168. The van der Waals surface area contributed by atoms with Gasteiger partial charge in [-0.05, 0) is 53.5 Å². The molecule has 1 aromatic carbocycles. The molecule has 1 aromatic rings. The molecular formula is C12H16BrNO2. The summed E-state index contributed by atoms with van der Waals surface area (Å²) >= 11 is 3.45. The van der Waals surface area contributed by atoms with Gasteiger partial charge in [-0.1, -0.05) is 0 Å². The van der Waals surface area contributed by atoms with Gasteiger partial charge in [-0.15, -0.1) is 0 Å². The molecule has 0 aliphatic heterocycles. The molecule has 0 saturated heterocycles. The Bertz CT molecular complexity index is 416. The molecule has 0 spiro atoms. The molecule has 16 heavy (non-hydrogen) atoms. The summed E-state index contributed by atoms with van der Waals surface area (Å²) in [7, 11) is 1.56. The number of methoxy groups -OCH3 is 1. The largest absolute Gasteiger partial charge is 0.495 e. The molecule has 0 radical (unpaired) electrons. The summed E-state index contributed by atoms with van der Waals surface area (Å²) in [6, 6.07) is 1.86. The maximum atomic E-state index is 11.9. The highest BCUT2D eigenvalue weighted by Gasteiger charge is 2.17. The molecule has 3 nitrogen and oxygen atoms in total. The standard InChI is InChI=1S/C12H16BrNO2/c1-7-6-9(10(15)4-5-14)12(16-3)11(13)8(7)2/h6H,4-5,14H2,1-3H3. The molecule has 2 N–H and O–H groups in total. The number of nitrogens with two attached hydrogens (primary N) is 1. The van der Waals surface area contributed by atoms with E-state index in [2.05, 4.69) is 15.9 Å². The Morgan fingerprint density at radius 2 is 2.12 bits per heavy atom. The van der Waals surface area contributed by atoms with E-state index in [-0.39, 0.29) is 5.78 Å². The Morgan fingerprint density at radius 1 is 1.50 bits per heavy atom. The Labute approximate surface area is 104 Å². The number of rotatable bonds is 4. The number of carbonyl (C=O) groups excluding carboxylic acids is 1. The van der Waals surface area contributed by atoms with Crippen LogP contribution in [0.5, 0.6) is 5.75 Å². The van der Waals surface area contributed by atoms with Gasteiger partial charge in [0.15, 0.2) is 5.78 Å². The van der Waals surface area contributed by atoms with Crippen LogP contribution in [-0.2, 0) is 0 Å². The molecule has 0 aliphatic carbocycles. The van der Waals surface area contributed by atoms with Gasteiger partial charge in [-0.2, -0.15) is 0 Å². The normalized spacial score (nSPS) is 10.3. The Morgan fingerprint density at radius 3 is 2.62 bits per heavy atom. The monoisotopic (exact) mass is 285 g/mol. The Balaban J connectivity index is 3.33. The first-order valence-corrected chi connectivity index (χ1v) is 5.89. The van der Waals surface area contributed by atoms with Gasteiger partial charge < -0.3 is 10.5 Å². The van der Waals surface area contributed by atoms with Gasteiger partial charge in [0.2, 0.25) is 0 Å². The Kier molecular flexibility index (Phi) is 4.50. The van der Waals surface area contributed by atoms with Gasteiger partial charge >= 0.3 is 0 Å². The van der Waals surface area contributed by atoms with Crippen LogP contribution in [-0.4, -0.2) is 19.4 Å². The molecule has 0 bridgehead atoms. The van der Waals surface area contributed by atoms with Crippen LogP contribution in [0.25, 0.3) is 0 Å². The second kappa shape index (κ2) is 5.46. The fourth-order valence-electron chi connectivity index (χ4n) is 1.52. The van der Waals surface area contributed by atoms with Gasteiger partial charge in [0.25, 0.3) is 0 Å². The molecule has 0 saturated carbocycles. The number of ether oxygens (including phenoxy) is 1. The first kappa shape index (κ1) is 13.2. The predicted molar refractivity (Wildman–Crippen MR) is 68.2 cm³/mol. The highest BCUT2D eigenvalue weighted by Crippen LogP contribution is 2.34. The van der Waals surface area contributed by atoms with Crippen molar-refractivity contribution in [2.24, 2.45) is 5.73 Å². The van der Waals surface area contributed by atoms with E-state index in [1.807, 2.05) is 19.9 Å². The van der Waals surface area contributed by atoms with Crippen LogP contribution >= 0.6 is 15.9 Å². The molecule has 0 aromatic heterocycles. The molecule has 4 heteroatoms. The van der Waals surface area contributed by atoms with Crippen molar-refractivity contribution in [2.75, 3.05) is 13.7 Å². The summed E-state index contributed by atoms with van der Waals surface area (Å²) in [4.78, 5) is 11.9. The zero-order chi connectivity index (χ0) is 12.3. The maximum Gasteiger partial charge on any atom is 0.167 e. The minimum Gasteiger partial charge on any atom is -0.495 e. The quantitative estimate of drug-likeness (QED) is 0.866. The summed E-state index contributed by atoms with van der Waals surface area (Å²) in [5.41, 5.74) is 8.14. The van der Waals surface area contributed by atoms with E-state index in [1.54, 1.807) is 7.11 Å². The van der Waals surface area contributed by atoms with E-state index in [4.69, 9.17) is 10.5 Å². The van der Waals surface area contributed by atoms with E-state index >= 15 is 0 Å². The highest BCUT2D eigenvalue weighted by atomic mass is 79.9. The molecule has 0 unspecified atom stereocenters. The lowest BCUT2D eigenvalue weighted by Crippen LogP contribution is -2.10. The molecule has 1 rings (SSSR count). The van der Waals surface area contributed by atoms with Crippen LogP contribution in [0, 0.1) is 13.8 Å². The van der Waals surface area contributed by atoms with Crippen molar-refractivity contribution in [3.05, 3.63) is 27.2 Å². The number of carbonyl (C=O) groups is 1. The van der Waals surface area contributed by atoms with Crippen molar-refractivity contribution in [1.82, 2.24) is 0 Å². The van der Waals surface area contributed by atoms with E-state index in [9.17, 15) is 4.79 Å². The summed E-state index contributed by atoms with van der Waals surface area (Å²) < 4.78 is 6.11. The fraction of sp³-hybridized carbons (Fsp3) is 0.417. The molecule has 88 valence electrons. The SMILES string of the molecule is COc1c(C(=O)CCN)cc(C)c(C)c1Br. The van der Waals surface area contributed by atoms with Crippen LogP contribution in [0.3, 0.4) is 0 Å². The lowest BCUT2D eigenvalue weighted by Gasteiger charge is -2.13. The number of hydrogen-bond donors (Lipinski definition) is 1. The van der Waals surface area contributed by atoms with E-state index < -0.39 is 0 Å². The summed E-state index contributed by atoms with van der Waals surface area (Å²) in [5, 5.41) is 0. The van der Waals surface area contributed by atoms with Gasteiger partial charge in [-0.3, -0.25) is 4.79 Å². The predicted octanol–water partition coefficient (Wildman–Crippen LogP) is 2.61. The molecule has 0 fully saturated rings. The third-order valence-electron chi connectivity index (χ3n) is 2.60. The number of ketones is 1. The first-order chi connectivity index (χ1) is 7.52. The average molecular weight is 286 g/mol. The number of aryl methyl sites for hydroxylation is 1. The first-order valence-electron chi connectivity index (χ1n) is 5.09. The van der Waals surface area contributed by atoms with Crippen LogP contribution < -0.4 is 10.5 Å². The van der Waals surface area contributed by atoms with Crippen molar-refractivity contribution in [1.29, 1.82) is 0 Å². The molecule has 0 amide bonds. The molecule has 0 aliphatic rings. The number of Topliss-reactive ketones (excluding diaryl/α,β-unsaturated/α-hetero) is 1. The third kappa shape index (κ3) is 2.44. The van der Waals surface area contributed by atoms with Gasteiger partial charge in [-0.25, -0.2) is 0 Å². The van der Waals surface area contributed by atoms with Gasteiger partial charge in [0.1, 0.15) is 5.75 Å². The number of benzene rings is 1. The smallest absolute Gasteiger partial charge is 0.167 e. The van der Waals surface area contributed by atoms with Crippen molar-refractivity contribution < 1.29 is 9.53 Å². The van der Waals surface area contributed by atoms with Crippen molar-refractivity contribution in [3.8, 4) is 5.75 Å². The summed E-state index contributed by atoms with van der Waals surface area (Å²) in [6.07, 6.45) is 0.339. The van der Waals surface area contributed by atoms with Crippen molar-refractivity contribution in [3.63, 3.8) is 0 Å². The van der Waals surface area contributed by atoms with Crippen LogP contribution in [0.15, 0.2) is 10.5 Å². The van der Waals surface area contributed by atoms with Crippen molar-refractivity contribution >= 4 is 21.7 Å². The maximum absolute atomic E-state index is 11.9. The second-order valence-corrected chi connectivity index (χ2v) is 4.47. The lowest BCUT2D eigenvalue weighted by atomic mass is 10.0. The molecule has 0 heterocycles. The zero-order valence-electron chi connectivity index (χ0n) is 9.76. The van der Waals surface area contributed by atoms with Crippen LogP contribution in [0.2, 0.25) is 0 Å². The molecular weight excluding hydrogens is 270 g/mol. The van der Waals surface area contributed by atoms with Gasteiger partial charge in [0.05, 0.1) is 17.1 Å². The summed E-state index contributed by atoms with van der Waals surface area (Å²) in [6.45, 7) is 4.31. The average Bonchev–Trinajstić information content (AvgIpc) is 2.26. The number of halogens is 1. The van der Waals surface area contributed by atoms with Crippen molar-refractivity contribution in [2.45, 2.75) is 20.3 Å². The van der Waals surface area contributed by atoms with Crippen LogP contribution in [0.4, 0.5) is 0 Å². The van der Waals surface area contributed by atoms with Gasteiger partial charge in [0, 0.05) is 6.42 Å².